The smallest absolute Gasteiger partial charge is 0.0819 e. The lowest BCUT2D eigenvalue weighted by Gasteiger charge is -2.03. The molecule has 3 nitrogen and oxygen atoms in total. The minimum absolute atomic E-state index is 0.673. The lowest BCUT2D eigenvalue weighted by atomic mass is 10.1. The third-order valence-electron chi connectivity index (χ3n) is 2.47. The van der Waals surface area contributed by atoms with E-state index in [1.54, 1.807) is 4.68 Å². The minimum Gasteiger partial charge on any atom is -0.330 e. The van der Waals surface area contributed by atoms with Gasteiger partial charge in [-0.3, -0.25) is 0 Å². The van der Waals surface area contributed by atoms with Crippen molar-refractivity contribution in [2.75, 3.05) is 6.54 Å². The zero-order chi connectivity index (χ0) is 11.5. The maximum Gasteiger partial charge on any atom is 0.0819 e. The molecule has 4 heteroatoms. The standard InChI is InChI=1S/C12H14ClN3/c1-9-12(13)8-16(15-9)11-4-2-10(3-5-11)6-7-14/h2-5,8H,6-7,14H2,1H3. The van der Waals surface area contributed by atoms with E-state index in [1.165, 1.54) is 5.56 Å². The number of rotatable bonds is 3. The molecule has 1 heterocycles. The first kappa shape index (κ1) is 11.2. The van der Waals surface area contributed by atoms with Crippen LogP contribution >= 0.6 is 11.6 Å². The van der Waals surface area contributed by atoms with Gasteiger partial charge in [0.05, 0.1) is 16.4 Å². The molecule has 0 atom stereocenters. The van der Waals surface area contributed by atoms with E-state index in [0.29, 0.717) is 11.6 Å². The average Bonchev–Trinajstić information content (AvgIpc) is 2.61. The molecule has 1 aromatic carbocycles. The van der Waals surface area contributed by atoms with E-state index in [4.69, 9.17) is 17.3 Å². The van der Waals surface area contributed by atoms with Crippen molar-refractivity contribution >= 4 is 11.6 Å². The zero-order valence-electron chi connectivity index (χ0n) is 9.15. The van der Waals surface area contributed by atoms with Crippen LogP contribution < -0.4 is 5.73 Å². The molecule has 0 fully saturated rings. The summed E-state index contributed by atoms with van der Waals surface area (Å²) < 4.78 is 1.78. The summed E-state index contributed by atoms with van der Waals surface area (Å²) in [7, 11) is 0. The monoisotopic (exact) mass is 235 g/mol. The first-order chi connectivity index (χ1) is 7.70. The minimum atomic E-state index is 0.673. The van der Waals surface area contributed by atoms with Crippen LogP contribution in [0.2, 0.25) is 5.02 Å². The quantitative estimate of drug-likeness (QED) is 0.888. The van der Waals surface area contributed by atoms with Gasteiger partial charge in [-0.15, -0.1) is 0 Å². The average molecular weight is 236 g/mol. The fraction of sp³-hybridized carbons (Fsp3) is 0.250. The highest BCUT2D eigenvalue weighted by molar-refractivity contribution is 6.31. The molecule has 2 N–H and O–H groups in total. The van der Waals surface area contributed by atoms with Crippen LogP contribution in [-0.4, -0.2) is 16.3 Å². The second-order valence-corrected chi connectivity index (χ2v) is 4.12. The van der Waals surface area contributed by atoms with Crippen molar-refractivity contribution in [3.05, 3.63) is 46.7 Å². The first-order valence-electron chi connectivity index (χ1n) is 5.22. The number of nitrogens with two attached hydrogens (primary N) is 1. The van der Waals surface area contributed by atoms with Crippen LogP contribution in [0.15, 0.2) is 30.5 Å². The van der Waals surface area contributed by atoms with Crippen LogP contribution in [0.5, 0.6) is 0 Å². The van der Waals surface area contributed by atoms with Crippen LogP contribution in [0, 0.1) is 6.92 Å². The highest BCUT2D eigenvalue weighted by atomic mass is 35.5. The molecule has 0 aliphatic rings. The molecule has 0 aliphatic heterocycles. The van der Waals surface area contributed by atoms with Gasteiger partial charge in [0, 0.05) is 6.20 Å². The maximum atomic E-state index is 5.96. The third kappa shape index (κ3) is 2.26. The van der Waals surface area contributed by atoms with Gasteiger partial charge >= 0.3 is 0 Å². The lowest BCUT2D eigenvalue weighted by molar-refractivity contribution is 0.860. The molecular weight excluding hydrogens is 222 g/mol. The van der Waals surface area contributed by atoms with Gasteiger partial charge in [-0.2, -0.15) is 5.10 Å². The van der Waals surface area contributed by atoms with Crippen molar-refractivity contribution in [3.63, 3.8) is 0 Å². The summed E-state index contributed by atoms with van der Waals surface area (Å²) >= 11 is 5.96. The van der Waals surface area contributed by atoms with Gasteiger partial charge in [-0.1, -0.05) is 23.7 Å². The van der Waals surface area contributed by atoms with Crippen LogP contribution in [0.4, 0.5) is 0 Å². The number of aromatic nitrogens is 2. The molecule has 0 saturated heterocycles. The number of benzene rings is 1. The van der Waals surface area contributed by atoms with Crippen LogP contribution in [0.1, 0.15) is 11.3 Å². The number of aryl methyl sites for hydroxylation is 1. The van der Waals surface area contributed by atoms with E-state index in [1.807, 2.05) is 25.3 Å². The Morgan fingerprint density at radius 3 is 2.50 bits per heavy atom. The van der Waals surface area contributed by atoms with Crippen LogP contribution in [0.3, 0.4) is 0 Å². The van der Waals surface area contributed by atoms with E-state index in [2.05, 4.69) is 17.2 Å². The Bertz CT molecular complexity index is 454. The Labute approximate surface area is 99.8 Å². The molecule has 0 radical (unpaired) electrons. The first-order valence-corrected chi connectivity index (χ1v) is 5.59. The molecular formula is C12H14ClN3. The number of nitrogens with zero attached hydrogens (tertiary/aromatic N) is 2. The molecule has 16 heavy (non-hydrogen) atoms. The highest BCUT2D eigenvalue weighted by Crippen LogP contribution is 2.16. The van der Waals surface area contributed by atoms with E-state index in [0.717, 1.165) is 17.8 Å². The zero-order valence-corrected chi connectivity index (χ0v) is 9.91. The normalized spacial score (nSPS) is 10.7. The Morgan fingerprint density at radius 2 is 2.00 bits per heavy atom. The molecule has 0 unspecified atom stereocenters. The van der Waals surface area contributed by atoms with Gasteiger partial charge in [0.15, 0.2) is 0 Å². The fourth-order valence-electron chi connectivity index (χ4n) is 1.55. The van der Waals surface area contributed by atoms with Crippen molar-refractivity contribution in [3.8, 4) is 5.69 Å². The predicted octanol–water partition coefficient (Wildman–Crippen LogP) is 2.34. The van der Waals surface area contributed by atoms with Crippen molar-refractivity contribution < 1.29 is 0 Å². The second-order valence-electron chi connectivity index (χ2n) is 3.71. The summed E-state index contributed by atoms with van der Waals surface area (Å²) in [6, 6.07) is 8.17. The van der Waals surface area contributed by atoms with E-state index in [-0.39, 0.29) is 0 Å². The Kier molecular flexibility index (Phi) is 3.27. The van der Waals surface area contributed by atoms with Crippen LogP contribution in [-0.2, 0) is 6.42 Å². The summed E-state index contributed by atoms with van der Waals surface area (Å²) in [6.45, 7) is 2.56. The van der Waals surface area contributed by atoms with Crippen molar-refractivity contribution in [2.45, 2.75) is 13.3 Å². The van der Waals surface area contributed by atoms with Crippen LogP contribution in [0.25, 0.3) is 5.69 Å². The molecule has 0 spiro atoms. The second kappa shape index (κ2) is 4.68. The summed E-state index contributed by atoms with van der Waals surface area (Å²) in [6.07, 6.45) is 2.72. The van der Waals surface area contributed by atoms with Gasteiger partial charge in [0.25, 0.3) is 0 Å². The Hall–Kier alpha value is -1.32. The van der Waals surface area contributed by atoms with Gasteiger partial charge < -0.3 is 5.73 Å². The predicted molar refractivity (Wildman–Crippen MR) is 66.1 cm³/mol. The largest absolute Gasteiger partial charge is 0.330 e. The van der Waals surface area contributed by atoms with Gasteiger partial charge in [-0.05, 0) is 37.6 Å². The van der Waals surface area contributed by atoms with Gasteiger partial charge in [-0.25, -0.2) is 4.68 Å². The molecule has 2 rings (SSSR count). The number of hydrogen-bond acceptors (Lipinski definition) is 2. The summed E-state index contributed by atoms with van der Waals surface area (Å²) in [4.78, 5) is 0. The number of hydrogen-bond donors (Lipinski definition) is 1. The lowest BCUT2D eigenvalue weighted by Crippen LogP contribution is -2.03. The molecule has 0 saturated carbocycles. The van der Waals surface area contributed by atoms with Crippen molar-refractivity contribution in [1.29, 1.82) is 0 Å². The van der Waals surface area contributed by atoms with Crippen molar-refractivity contribution in [1.82, 2.24) is 9.78 Å². The Morgan fingerprint density at radius 1 is 1.31 bits per heavy atom. The number of halogens is 1. The van der Waals surface area contributed by atoms with E-state index >= 15 is 0 Å². The van der Waals surface area contributed by atoms with Gasteiger partial charge in [0.2, 0.25) is 0 Å². The molecule has 0 amide bonds. The topological polar surface area (TPSA) is 43.8 Å². The van der Waals surface area contributed by atoms with Crippen molar-refractivity contribution in [2.24, 2.45) is 5.73 Å². The molecule has 0 bridgehead atoms. The Balaban J connectivity index is 2.27. The van der Waals surface area contributed by atoms with Gasteiger partial charge in [0.1, 0.15) is 0 Å². The molecule has 0 aliphatic carbocycles. The molecule has 1 aromatic heterocycles. The SMILES string of the molecule is Cc1nn(-c2ccc(CCN)cc2)cc1Cl. The molecule has 84 valence electrons. The highest BCUT2D eigenvalue weighted by Gasteiger charge is 2.03. The van der Waals surface area contributed by atoms with E-state index < -0.39 is 0 Å². The molecule has 2 aromatic rings. The summed E-state index contributed by atoms with van der Waals surface area (Å²) in [5.74, 6) is 0. The maximum absolute atomic E-state index is 5.96. The summed E-state index contributed by atoms with van der Waals surface area (Å²) in [5, 5.41) is 5.00. The summed E-state index contributed by atoms with van der Waals surface area (Å²) in [5.41, 5.74) is 8.59. The fourth-order valence-corrected chi connectivity index (χ4v) is 1.68. The third-order valence-corrected chi connectivity index (χ3v) is 2.84. The van der Waals surface area contributed by atoms with E-state index in [9.17, 15) is 0 Å².